The van der Waals surface area contributed by atoms with Crippen molar-refractivity contribution in [2.45, 2.75) is 25.3 Å². The number of carbonyl (C=O) groups excluding carboxylic acids is 2. The van der Waals surface area contributed by atoms with Crippen LogP contribution in [-0.4, -0.2) is 18.2 Å². The van der Waals surface area contributed by atoms with Crippen LogP contribution in [0, 0.1) is 0 Å². The van der Waals surface area contributed by atoms with Crippen molar-refractivity contribution in [3.63, 3.8) is 0 Å². The summed E-state index contributed by atoms with van der Waals surface area (Å²) in [7, 11) is 0. The van der Waals surface area contributed by atoms with Crippen LogP contribution in [0.1, 0.15) is 19.3 Å². The maximum absolute atomic E-state index is 10.3. The second-order valence-electron chi connectivity index (χ2n) is 2.21. The molecule has 0 saturated carbocycles. The molecule has 1 atom stereocenters. The lowest BCUT2D eigenvalue weighted by atomic mass is 10.0. The summed E-state index contributed by atoms with van der Waals surface area (Å²) in [6.07, 6.45) is 2.85. The molecular formula is C6H9NO2. The Morgan fingerprint density at radius 3 is 2.89 bits per heavy atom. The normalized spacial score (nSPS) is 24.4. The highest BCUT2D eigenvalue weighted by molar-refractivity contribution is 5.82. The molecule has 50 valence electrons. The van der Waals surface area contributed by atoms with Gasteiger partial charge in [0.1, 0.15) is 6.29 Å². The van der Waals surface area contributed by atoms with Crippen molar-refractivity contribution in [1.29, 1.82) is 0 Å². The highest BCUT2D eigenvalue weighted by atomic mass is 16.2. The second-order valence-corrected chi connectivity index (χ2v) is 2.21. The van der Waals surface area contributed by atoms with Crippen LogP contribution in [0.2, 0.25) is 0 Å². The largest absolute Gasteiger partial charge is 0.353 e. The Morgan fingerprint density at radius 1 is 1.78 bits per heavy atom. The van der Waals surface area contributed by atoms with E-state index in [1.165, 1.54) is 0 Å². The average Bonchev–Trinajstić information content (AvgIpc) is 1.78. The molecule has 9 heavy (non-hydrogen) atoms. The van der Waals surface area contributed by atoms with Crippen LogP contribution in [0.25, 0.3) is 0 Å². The maximum atomic E-state index is 10.3. The van der Waals surface area contributed by atoms with Crippen LogP contribution in [0.15, 0.2) is 0 Å². The third kappa shape index (κ3) is 1.52. The van der Waals surface area contributed by atoms with Crippen molar-refractivity contribution in [2.75, 3.05) is 0 Å². The van der Waals surface area contributed by atoms with Crippen molar-refractivity contribution < 1.29 is 9.59 Å². The van der Waals surface area contributed by atoms with Crippen LogP contribution < -0.4 is 5.32 Å². The summed E-state index contributed by atoms with van der Waals surface area (Å²) in [4.78, 5) is 20.1. The highest BCUT2D eigenvalue weighted by Gasteiger charge is 2.23. The quantitative estimate of drug-likeness (QED) is 0.423. The first-order valence-corrected chi connectivity index (χ1v) is 3.06. The number of β-lactam (4-membered cyclic amide) rings is 1. The van der Waals surface area contributed by atoms with Crippen molar-refractivity contribution in [2.24, 2.45) is 0 Å². The van der Waals surface area contributed by atoms with Crippen molar-refractivity contribution >= 4 is 12.2 Å². The van der Waals surface area contributed by atoms with E-state index in [-0.39, 0.29) is 11.9 Å². The van der Waals surface area contributed by atoms with Gasteiger partial charge in [0.2, 0.25) is 5.91 Å². The van der Waals surface area contributed by atoms with E-state index in [1.54, 1.807) is 0 Å². The standard InChI is InChI=1S/C6H9NO2/c8-3-1-2-5-4-6(9)7-5/h3,5H,1-2,4H2,(H,7,9). The molecule has 1 N–H and O–H groups in total. The van der Waals surface area contributed by atoms with Gasteiger partial charge in [-0.3, -0.25) is 4.79 Å². The van der Waals surface area contributed by atoms with E-state index in [0.29, 0.717) is 12.8 Å². The summed E-state index contributed by atoms with van der Waals surface area (Å²) in [5.74, 6) is 0.103. The number of aldehydes is 1. The first-order valence-electron chi connectivity index (χ1n) is 3.06. The minimum Gasteiger partial charge on any atom is -0.353 e. The molecular weight excluding hydrogens is 118 g/mol. The predicted molar refractivity (Wildman–Crippen MR) is 31.8 cm³/mol. The third-order valence-electron chi connectivity index (χ3n) is 1.43. The molecule has 1 aliphatic rings. The zero-order valence-corrected chi connectivity index (χ0v) is 5.09. The Morgan fingerprint density at radius 2 is 2.44 bits per heavy atom. The van der Waals surface area contributed by atoms with Gasteiger partial charge in [-0.1, -0.05) is 0 Å². The van der Waals surface area contributed by atoms with Gasteiger partial charge in [0, 0.05) is 18.9 Å². The Labute approximate surface area is 53.4 Å². The molecule has 0 spiro atoms. The van der Waals surface area contributed by atoms with Gasteiger partial charge >= 0.3 is 0 Å². The predicted octanol–water partition coefficient (Wildman–Crippen LogP) is -0.146. The van der Waals surface area contributed by atoms with E-state index in [0.717, 1.165) is 12.7 Å². The molecule has 1 rings (SSSR count). The van der Waals surface area contributed by atoms with E-state index < -0.39 is 0 Å². The minimum atomic E-state index is 0.103. The van der Waals surface area contributed by atoms with Gasteiger partial charge < -0.3 is 10.1 Å². The highest BCUT2D eigenvalue weighted by Crippen LogP contribution is 2.08. The van der Waals surface area contributed by atoms with Crippen molar-refractivity contribution in [3.8, 4) is 0 Å². The molecule has 0 bridgehead atoms. The molecule has 1 amide bonds. The van der Waals surface area contributed by atoms with Crippen LogP contribution >= 0.6 is 0 Å². The molecule has 1 saturated heterocycles. The molecule has 0 aliphatic carbocycles. The Kier molecular flexibility index (Phi) is 1.82. The monoisotopic (exact) mass is 127 g/mol. The van der Waals surface area contributed by atoms with Crippen LogP contribution in [0.5, 0.6) is 0 Å². The number of carbonyl (C=O) groups is 2. The number of nitrogens with one attached hydrogen (secondary N) is 1. The summed E-state index contributed by atoms with van der Waals surface area (Å²) in [5.41, 5.74) is 0. The van der Waals surface area contributed by atoms with E-state index in [4.69, 9.17) is 0 Å². The van der Waals surface area contributed by atoms with Gasteiger partial charge in [0.05, 0.1) is 0 Å². The first kappa shape index (κ1) is 6.26. The Hall–Kier alpha value is -0.860. The summed E-state index contributed by atoms with van der Waals surface area (Å²) in [6, 6.07) is 0.280. The fourth-order valence-electron chi connectivity index (χ4n) is 0.874. The molecule has 0 radical (unpaired) electrons. The lowest BCUT2D eigenvalue weighted by Crippen LogP contribution is -2.48. The Bertz CT molecular complexity index is 125. The van der Waals surface area contributed by atoms with Crippen LogP contribution in [0.3, 0.4) is 0 Å². The van der Waals surface area contributed by atoms with E-state index in [1.807, 2.05) is 0 Å². The van der Waals surface area contributed by atoms with E-state index in [9.17, 15) is 9.59 Å². The molecule has 3 heteroatoms. The zero-order chi connectivity index (χ0) is 6.69. The van der Waals surface area contributed by atoms with E-state index in [2.05, 4.69) is 5.32 Å². The molecule has 0 aromatic rings. The number of rotatable bonds is 3. The summed E-state index contributed by atoms with van der Waals surface area (Å²) >= 11 is 0. The molecule has 1 unspecified atom stereocenters. The number of amides is 1. The topological polar surface area (TPSA) is 46.2 Å². The van der Waals surface area contributed by atoms with Gasteiger partial charge in [-0.05, 0) is 6.42 Å². The van der Waals surface area contributed by atoms with Crippen LogP contribution in [0.4, 0.5) is 0 Å². The molecule has 1 aliphatic heterocycles. The van der Waals surface area contributed by atoms with Crippen molar-refractivity contribution in [3.05, 3.63) is 0 Å². The van der Waals surface area contributed by atoms with Gasteiger partial charge in [0.25, 0.3) is 0 Å². The first-order chi connectivity index (χ1) is 4.33. The van der Waals surface area contributed by atoms with Crippen molar-refractivity contribution in [1.82, 2.24) is 5.32 Å². The SMILES string of the molecule is O=CCCC1CC(=O)N1. The summed E-state index contributed by atoms with van der Waals surface area (Å²) in [6.45, 7) is 0. The molecule has 3 nitrogen and oxygen atoms in total. The summed E-state index contributed by atoms with van der Waals surface area (Å²) in [5, 5.41) is 2.68. The van der Waals surface area contributed by atoms with E-state index >= 15 is 0 Å². The molecule has 1 heterocycles. The smallest absolute Gasteiger partial charge is 0.222 e. The Balaban J connectivity index is 2.03. The molecule has 0 aromatic heterocycles. The summed E-state index contributed by atoms with van der Waals surface area (Å²) < 4.78 is 0. The minimum absolute atomic E-state index is 0.103. The molecule has 0 aromatic carbocycles. The van der Waals surface area contributed by atoms with Gasteiger partial charge in [-0.15, -0.1) is 0 Å². The fraction of sp³-hybridized carbons (Fsp3) is 0.667. The number of hydrogen-bond donors (Lipinski definition) is 1. The third-order valence-corrected chi connectivity index (χ3v) is 1.43. The van der Waals surface area contributed by atoms with Gasteiger partial charge in [-0.2, -0.15) is 0 Å². The fourth-order valence-corrected chi connectivity index (χ4v) is 0.874. The van der Waals surface area contributed by atoms with Gasteiger partial charge in [0.15, 0.2) is 0 Å². The lowest BCUT2D eigenvalue weighted by Gasteiger charge is -2.25. The molecule has 1 fully saturated rings. The van der Waals surface area contributed by atoms with Crippen LogP contribution in [-0.2, 0) is 9.59 Å². The maximum Gasteiger partial charge on any atom is 0.222 e. The number of hydrogen-bond acceptors (Lipinski definition) is 2. The van der Waals surface area contributed by atoms with Gasteiger partial charge in [-0.25, -0.2) is 0 Å². The lowest BCUT2D eigenvalue weighted by molar-refractivity contribution is -0.128. The average molecular weight is 127 g/mol. The second kappa shape index (κ2) is 2.62. The zero-order valence-electron chi connectivity index (χ0n) is 5.09.